The van der Waals surface area contributed by atoms with Crippen LogP contribution in [0.4, 0.5) is 0 Å². The second-order valence-electron chi connectivity index (χ2n) is 4.03. The van der Waals surface area contributed by atoms with E-state index in [4.69, 9.17) is 11.5 Å². The molecule has 0 aliphatic carbocycles. The van der Waals surface area contributed by atoms with Crippen LogP contribution in [0.15, 0.2) is 0 Å². The number of unbranched alkanes of at least 4 members (excludes halogenated alkanes) is 2. The molecule has 1 amide bonds. The average molecular weight is 211 g/mol. The van der Waals surface area contributed by atoms with E-state index in [9.17, 15) is 4.79 Å². The fourth-order valence-electron chi connectivity index (χ4n) is 1.15. The van der Waals surface area contributed by atoms with Crippen LogP contribution in [0.2, 0.25) is 0 Å². The van der Waals surface area contributed by atoms with Crippen molar-refractivity contribution in [2.24, 2.45) is 0 Å². The summed E-state index contributed by atoms with van der Waals surface area (Å²) in [5.74, 6) is 2.53. The summed E-state index contributed by atoms with van der Waals surface area (Å²) in [6.07, 6.45) is 8.72. The Labute approximate surface area is 92.3 Å². The third kappa shape index (κ3) is 6.14. The molecule has 3 heteroatoms. The minimum Gasteiger partial charge on any atom is -0.394 e. The van der Waals surface area contributed by atoms with Crippen molar-refractivity contribution in [1.29, 1.82) is 0 Å². The molecule has 86 valence electrons. The van der Waals surface area contributed by atoms with Crippen molar-refractivity contribution >= 4 is 5.91 Å². The van der Waals surface area contributed by atoms with E-state index in [0.29, 0.717) is 6.42 Å². The van der Waals surface area contributed by atoms with Crippen LogP contribution in [0.1, 0.15) is 46.0 Å². The molecule has 0 aromatic rings. The molecular weight excluding hydrogens is 190 g/mol. The molecule has 0 aromatic carbocycles. The normalized spacial score (nSPS) is 14.0. The summed E-state index contributed by atoms with van der Waals surface area (Å²) < 4.78 is 0. The van der Waals surface area contributed by atoms with Crippen molar-refractivity contribution in [2.45, 2.75) is 51.5 Å². The fraction of sp³-hybridized carbons (Fsp3) is 0.750. The van der Waals surface area contributed by atoms with Gasteiger partial charge in [0, 0.05) is 12.8 Å². The van der Waals surface area contributed by atoms with Gasteiger partial charge in [-0.1, -0.05) is 6.92 Å². The highest BCUT2D eigenvalue weighted by molar-refractivity contribution is 5.76. The topological polar surface area (TPSA) is 49.3 Å². The van der Waals surface area contributed by atoms with Crippen LogP contribution in [0.25, 0.3) is 0 Å². The van der Waals surface area contributed by atoms with Crippen LogP contribution in [0.3, 0.4) is 0 Å². The smallest absolute Gasteiger partial charge is 0.220 e. The van der Waals surface area contributed by atoms with Gasteiger partial charge in [0.05, 0.1) is 12.1 Å². The summed E-state index contributed by atoms with van der Waals surface area (Å²) in [6.45, 7) is 3.75. The number of amides is 1. The lowest BCUT2D eigenvalue weighted by Gasteiger charge is -2.27. The Morgan fingerprint density at radius 3 is 2.67 bits per heavy atom. The lowest BCUT2D eigenvalue weighted by Crippen LogP contribution is -2.48. The van der Waals surface area contributed by atoms with Crippen molar-refractivity contribution < 1.29 is 9.90 Å². The predicted octanol–water partition coefficient (Wildman–Crippen LogP) is 1.46. The van der Waals surface area contributed by atoms with Gasteiger partial charge in [-0.3, -0.25) is 4.79 Å². The van der Waals surface area contributed by atoms with E-state index in [1.807, 2.05) is 13.8 Å². The molecule has 0 radical (unpaired) electrons. The maximum atomic E-state index is 11.5. The molecular formula is C12H21NO2. The lowest BCUT2D eigenvalue weighted by molar-refractivity contribution is -0.123. The standard InChI is InChI=1S/C12H21NO2/c1-4-6-7-8-9-11(15)13-12(3,5-2)10-14/h1,14H,5-10H2,2-3H3,(H,13,15). The first-order valence-electron chi connectivity index (χ1n) is 5.43. The Bertz CT molecular complexity index is 226. The average Bonchev–Trinajstić information content (AvgIpc) is 2.24. The van der Waals surface area contributed by atoms with Crippen LogP contribution in [0.5, 0.6) is 0 Å². The maximum absolute atomic E-state index is 11.5. The first-order valence-corrected chi connectivity index (χ1v) is 5.43. The number of aliphatic hydroxyl groups excluding tert-OH is 1. The zero-order chi connectivity index (χ0) is 11.7. The molecule has 15 heavy (non-hydrogen) atoms. The van der Waals surface area contributed by atoms with E-state index in [1.54, 1.807) is 0 Å². The Morgan fingerprint density at radius 2 is 2.20 bits per heavy atom. The summed E-state index contributed by atoms with van der Waals surface area (Å²) in [6, 6.07) is 0. The van der Waals surface area contributed by atoms with Crippen LogP contribution in [-0.2, 0) is 4.79 Å². The highest BCUT2D eigenvalue weighted by atomic mass is 16.3. The molecule has 0 saturated carbocycles. The second-order valence-corrected chi connectivity index (χ2v) is 4.03. The van der Waals surface area contributed by atoms with Crippen LogP contribution in [-0.4, -0.2) is 23.2 Å². The quantitative estimate of drug-likeness (QED) is 0.495. The monoisotopic (exact) mass is 211 g/mol. The summed E-state index contributed by atoms with van der Waals surface area (Å²) >= 11 is 0. The minimum atomic E-state index is -0.483. The summed E-state index contributed by atoms with van der Waals surface area (Å²) in [5, 5.41) is 11.9. The SMILES string of the molecule is C#CCCCCC(=O)NC(C)(CC)CO. The van der Waals surface area contributed by atoms with Crippen molar-refractivity contribution in [2.75, 3.05) is 6.61 Å². The zero-order valence-electron chi connectivity index (χ0n) is 9.68. The van der Waals surface area contributed by atoms with Gasteiger partial charge in [0.1, 0.15) is 0 Å². The number of nitrogens with one attached hydrogen (secondary N) is 1. The van der Waals surface area contributed by atoms with Crippen LogP contribution < -0.4 is 5.32 Å². The third-order valence-electron chi connectivity index (χ3n) is 2.55. The van der Waals surface area contributed by atoms with E-state index in [2.05, 4.69) is 11.2 Å². The molecule has 0 rings (SSSR count). The van der Waals surface area contributed by atoms with Crippen molar-refractivity contribution in [3.05, 3.63) is 0 Å². The zero-order valence-corrected chi connectivity index (χ0v) is 9.68. The number of carbonyl (C=O) groups excluding carboxylic acids is 1. The largest absolute Gasteiger partial charge is 0.394 e. The lowest BCUT2D eigenvalue weighted by atomic mass is 10.00. The molecule has 0 heterocycles. The van der Waals surface area contributed by atoms with Gasteiger partial charge in [-0.2, -0.15) is 0 Å². The van der Waals surface area contributed by atoms with E-state index < -0.39 is 5.54 Å². The summed E-state index contributed by atoms with van der Waals surface area (Å²) in [7, 11) is 0. The number of hydrogen-bond donors (Lipinski definition) is 2. The summed E-state index contributed by atoms with van der Waals surface area (Å²) in [5.41, 5.74) is -0.483. The van der Waals surface area contributed by atoms with Crippen LogP contribution in [0, 0.1) is 12.3 Å². The van der Waals surface area contributed by atoms with E-state index >= 15 is 0 Å². The second kappa shape index (κ2) is 7.30. The molecule has 0 bridgehead atoms. The minimum absolute atomic E-state index is 0.00887. The molecule has 3 nitrogen and oxygen atoms in total. The van der Waals surface area contributed by atoms with Gasteiger partial charge < -0.3 is 10.4 Å². The first kappa shape index (κ1) is 14.0. The molecule has 0 aliphatic heterocycles. The molecule has 0 saturated heterocycles. The Hall–Kier alpha value is -1.01. The van der Waals surface area contributed by atoms with Crippen molar-refractivity contribution in [3.63, 3.8) is 0 Å². The van der Waals surface area contributed by atoms with Gasteiger partial charge >= 0.3 is 0 Å². The Kier molecular flexibility index (Phi) is 6.81. The molecule has 0 spiro atoms. The molecule has 0 aliphatic rings. The first-order chi connectivity index (χ1) is 7.08. The Morgan fingerprint density at radius 1 is 1.53 bits per heavy atom. The van der Waals surface area contributed by atoms with E-state index in [1.165, 1.54) is 0 Å². The van der Waals surface area contributed by atoms with Gasteiger partial charge in [-0.15, -0.1) is 12.3 Å². The van der Waals surface area contributed by atoms with E-state index in [-0.39, 0.29) is 12.5 Å². The number of terminal acetylenes is 1. The number of carbonyl (C=O) groups is 1. The van der Waals surface area contributed by atoms with Crippen molar-refractivity contribution in [3.8, 4) is 12.3 Å². The van der Waals surface area contributed by atoms with Gasteiger partial charge in [0.15, 0.2) is 0 Å². The highest BCUT2D eigenvalue weighted by Crippen LogP contribution is 2.08. The number of rotatable bonds is 7. The van der Waals surface area contributed by atoms with Gasteiger partial charge in [-0.05, 0) is 26.2 Å². The number of aliphatic hydroxyl groups is 1. The predicted molar refractivity (Wildman–Crippen MR) is 61.2 cm³/mol. The number of hydrogen-bond acceptors (Lipinski definition) is 2. The molecule has 0 aromatic heterocycles. The maximum Gasteiger partial charge on any atom is 0.220 e. The molecule has 0 fully saturated rings. The summed E-state index contributed by atoms with van der Waals surface area (Å²) in [4.78, 5) is 11.5. The molecule has 2 N–H and O–H groups in total. The Balaban J connectivity index is 3.78. The van der Waals surface area contributed by atoms with Gasteiger partial charge in [0.2, 0.25) is 5.91 Å². The molecule has 1 atom stereocenters. The van der Waals surface area contributed by atoms with Gasteiger partial charge in [-0.25, -0.2) is 0 Å². The fourth-order valence-corrected chi connectivity index (χ4v) is 1.15. The van der Waals surface area contributed by atoms with E-state index in [0.717, 1.165) is 25.7 Å². The van der Waals surface area contributed by atoms with Crippen molar-refractivity contribution in [1.82, 2.24) is 5.32 Å². The molecule has 1 unspecified atom stereocenters. The van der Waals surface area contributed by atoms with Gasteiger partial charge in [0.25, 0.3) is 0 Å². The highest BCUT2D eigenvalue weighted by Gasteiger charge is 2.22. The third-order valence-corrected chi connectivity index (χ3v) is 2.55. The van der Waals surface area contributed by atoms with Crippen LogP contribution >= 0.6 is 0 Å².